The summed E-state index contributed by atoms with van der Waals surface area (Å²) in [4.78, 5) is 0. The minimum absolute atomic E-state index is 0.166. The van der Waals surface area contributed by atoms with E-state index in [1.165, 1.54) is 0 Å². The van der Waals surface area contributed by atoms with E-state index in [0.717, 1.165) is 11.4 Å². The third-order valence-electron chi connectivity index (χ3n) is 2.29. The predicted molar refractivity (Wildman–Crippen MR) is 65.8 cm³/mol. The summed E-state index contributed by atoms with van der Waals surface area (Å²) >= 11 is 5.11. The van der Waals surface area contributed by atoms with E-state index in [2.05, 4.69) is 10.2 Å². The molecular formula is C11H13N3O2S. The van der Waals surface area contributed by atoms with Crippen molar-refractivity contribution in [3.05, 3.63) is 34.9 Å². The predicted octanol–water partition coefficient (Wildman–Crippen LogP) is 1.82. The van der Waals surface area contributed by atoms with Gasteiger partial charge in [0.1, 0.15) is 12.4 Å². The number of aromatic nitrogens is 3. The highest BCUT2D eigenvalue weighted by Gasteiger charge is 2.06. The Morgan fingerprint density at radius 2 is 2.12 bits per heavy atom. The van der Waals surface area contributed by atoms with Crippen LogP contribution in [0.15, 0.2) is 24.3 Å². The number of ether oxygens (including phenoxy) is 1. The highest BCUT2D eigenvalue weighted by molar-refractivity contribution is 7.71. The molecule has 90 valence electrons. The molecule has 0 aliphatic rings. The Balaban J connectivity index is 2.39. The zero-order chi connectivity index (χ0) is 12.3. The summed E-state index contributed by atoms with van der Waals surface area (Å²) in [6.45, 7) is 2.40. The lowest BCUT2D eigenvalue weighted by Crippen LogP contribution is -2.01. The van der Waals surface area contributed by atoms with Crippen LogP contribution in [0.25, 0.3) is 5.69 Å². The van der Waals surface area contributed by atoms with Gasteiger partial charge in [0.2, 0.25) is 0 Å². The van der Waals surface area contributed by atoms with Crippen molar-refractivity contribution in [2.24, 2.45) is 0 Å². The third-order valence-corrected chi connectivity index (χ3v) is 2.56. The van der Waals surface area contributed by atoms with Gasteiger partial charge < -0.3 is 9.84 Å². The summed E-state index contributed by atoms with van der Waals surface area (Å²) in [6.07, 6.45) is 0. The Labute approximate surface area is 104 Å². The van der Waals surface area contributed by atoms with Crippen LogP contribution < -0.4 is 4.74 Å². The van der Waals surface area contributed by atoms with Gasteiger partial charge in [-0.2, -0.15) is 5.10 Å². The molecular weight excluding hydrogens is 238 g/mol. The first-order valence-electron chi connectivity index (χ1n) is 5.26. The van der Waals surface area contributed by atoms with Gasteiger partial charge in [-0.3, -0.25) is 9.67 Å². The van der Waals surface area contributed by atoms with Gasteiger partial charge in [-0.1, -0.05) is 0 Å². The van der Waals surface area contributed by atoms with Gasteiger partial charge in [0, 0.05) is 5.69 Å². The summed E-state index contributed by atoms with van der Waals surface area (Å²) in [6, 6.07) is 7.45. The highest BCUT2D eigenvalue weighted by Crippen LogP contribution is 2.16. The molecule has 2 N–H and O–H groups in total. The van der Waals surface area contributed by atoms with Gasteiger partial charge in [0.15, 0.2) is 10.6 Å². The minimum atomic E-state index is -0.166. The molecule has 0 saturated carbocycles. The maximum atomic E-state index is 9.16. The molecule has 17 heavy (non-hydrogen) atoms. The lowest BCUT2D eigenvalue weighted by atomic mass is 10.3. The fraction of sp³-hybridized carbons (Fsp3) is 0.273. The first-order chi connectivity index (χ1) is 8.26. The van der Waals surface area contributed by atoms with Crippen LogP contribution in [-0.4, -0.2) is 26.5 Å². The smallest absolute Gasteiger partial charge is 0.199 e. The Hall–Kier alpha value is -1.66. The van der Waals surface area contributed by atoms with Crippen LogP contribution in [0.1, 0.15) is 12.7 Å². The molecule has 0 unspecified atom stereocenters. The molecule has 0 bridgehead atoms. The van der Waals surface area contributed by atoms with Gasteiger partial charge in [-0.15, -0.1) is 0 Å². The van der Waals surface area contributed by atoms with Crippen LogP contribution in [0, 0.1) is 4.77 Å². The van der Waals surface area contributed by atoms with Gasteiger partial charge in [-0.05, 0) is 43.4 Å². The van der Waals surface area contributed by atoms with Gasteiger partial charge in [-0.25, -0.2) is 0 Å². The van der Waals surface area contributed by atoms with Crippen molar-refractivity contribution in [2.75, 3.05) is 6.61 Å². The van der Waals surface area contributed by atoms with Crippen molar-refractivity contribution >= 4 is 12.2 Å². The number of aromatic amines is 1. The maximum Gasteiger partial charge on any atom is 0.199 e. The molecule has 0 amide bonds. The summed E-state index contributed by atoms with van der Waals surface area (Å²) in [5.74, 6) is 1.29. The molecule has 0 fully saturated rings. The largest absolute Gasteiger partial charge is 0.494 e. The molecule has 0 aliphatic carbocycles. The molecule has 1 aromatic heterocycles. The van der Waals surface area contributed by atoms with Crippen molar-refractivity contribution in [3.63, 3.8) is 0 Å². The molecule has 1 heterocycles. The summed E-state index contributed by atoms with van der Waals surface area (Å²) < 4.78 is 7.50. The monoisotopic (exact) mass is 251 g/mol. The van der Waals surface area contributed by atoms with E-state index in [9.17, 15) is 0 Å². The number of rotatable bonds is 4. The van der Waals surface area contributed by atoms with E-state index in [1.54, 1.807) is 4.57 Å². The number of H-pyrrole nitrogens is 1. The van der Waals surface area contributed by atoms with Crippen LogP contribution in [-0.2, 0) is 6.61 Å². The van der Waals surface area contributed by atoms with E-state index in [-0.39, 0.29) is 6.61 Å². The second-order valence-electron chi connectivity index (χ2n) is 3.37. The second kappa shape index (κ2) is 5.11. The maximum absolute atomic E-state index is 9.16. The number of benzene rings is 1. The normalized spacial score (nSPS) is 10.5. The van der Waals surface area contributed by atoms with Crippen molar-refractivity contribution in [1.82, 2.24) is 14.8 Å². The van der Waals surface area contributed by atoms with E-state index in [1.807, 2.05) is 31.2 Å². The van der Waals surface area contributed by atoms with Crippen LogP contribution in [0.3, 0.4) is 0 Å². The van der Waals surface area contributed by atoms with Crippen LogP contribution >= 0.6 is 12.2 Å². The first-order valence-corrected chi connectivity index (χ1v) is 5.67. The standard InChI is InChI=1S/C11H13N3O2S/c1-2-16-9-5-3-8(4-6-9)14-10(7-15)12-13-11(14)17/h3-6,15H,2,7H2,1H3,(H,13,17). The SMILES string of the molecule is CCOc1ccc(-n2c(CO)n[nH]c2=S)cc1. The minimum Gasteiger partial charge on any atom is -0.494 e. The van der Waals surface area contributed by atoms with Crippen molar-refractivity contribution in [2.45, 2.75) is 13.5 Å². The zero-order valence-electron chi connectivity index (χ0n) is 9.38. The molecule has 0 spiro atoms. The van der Waals surface area contributed by atoms with E-state index in [0.29, 0.717) is 17.2 Å². The molecule has 0 atom stereocenters. The second-order valence-corrected chi connectivity index (χ2v) is 3.75. The molecule has 0 saturated heterocycles. The number of nitrogens with one attached hydrogen (secondary N) is 1. The van der Waals surface area contributed by atoms with E-state index >= 15 is 0 Å². The van der Waals surface area contributed by atoms with Gasteiger partial charge in [0.25, 0.3) is 0 Å². The fourth-order valence-electron chi connectivity index (χ4n) is 1.56. The van der Waals surface area contributed by atoms with E-state index in [4.69, 9.17) is 22.1 Å². The molecule has 5 nitrogen and oxygen atoms in total. The van der Waals surface area contributed by atoms with Crippen LogP contribution in [0.2, 0.25) is 0 Å². The number of nitrogens with zero attached hydrogens (tertiary/aromatic N) is 2. The molecule has 2 rings (SSSR count). The Morgan fingerprint density at radius 1 is 1.41 bits per heavy atom. The first kappa shape index (κ1) is 11.8. The van der Waals surface area contributed by atoms with Crippen LogP contribution in [0.4, 0.5) is 0 Å². The van der Waals surface area contributed by atoms with Crippen molar-refractivity contribution in [3.8, 4) is 11.4 Å². The molecule has 6 heteroatoms. The third kappa shape index (κ3) is 2.37. The summed E-state index contributed by atoms with van der Waals surface area (Å²) in [5.41, 5.74) is 0.844. The topological polar surface area (TPSA) is 63.1 Å². The van der Waals surface area contributed by atoms with Crippen LogP contribution in [0.5, 0.6) is 5.75 Å². The summed E-state index contributed by atoms with van der Waals surface area (Å²) in [5, 5.41) is 15.7. The summed E-state index contributed by atoms with van der Waals surface area (Å²) in [7, 11) is 0. The molecule has 0 aliphatic heterocycles. The fourth-order valence-corrected chi connectivity index (χ4v) is 1.82. The lowest BCUT2D eigenvalue weighted by molar-refractivity contribution is 0.269. The number of aliphatic hydroxyl groups is 1. The van der Waals surface area contributed by atoms with Crippen molar-refractivity contribution < 1.29 is 9.84 Å². The van der Waals surface area contributed by atoms with E-state index < -0.39 is 0 Å². The number of hydrogen-bond donors (Lipinski definition) is 2. The average molecular weight is 251 g/mol. The van der Waals surface area contributed by atoms with Gasteiger partial charge in [0.05, 0.1) is 6.61 Å². The Morgan fingerprint density at radius 3 is 2.71 bits per heavy atom. The highest BCUT2D eigenvalue weighted by atomic mass is 32.1. The molecule has 0 radical (unpaired) electrons. The quantitative estimate of drug-likeness (QED) is 0.814. The molecule has 1 aromatic carbocycles. The van der Waals surface area contributed by atoms with Crippen molar-refractivity contribution in [1.29, 1.82) is 0 Å². The van der Waals surface area contributed by atoms with Gasteiger partial charge >= 0.3 is 0 Å². The number of aliphatic hydroxyl groups excluding tert-OH is 1. The lowest BCUT2D eigenvalue weighted by Gasteiger charge is -2.07. The Kier molecular flexibility index (Phi) is 3.55. The Bertz CT molecular complexity index is 545. The molecule has 2 aromatic rings. The average Bonchev–Trinajstić information content (AvgIpc) is 2.72. The zero-order valence-corrected chi connectivity index (χ0v) is 10.2. The number of hydrogen-bond acceptors (Lipinski definition) is 4.